The highest BCUT2D eigenvalue weighted by atomic mass is 79.9. The molecule has 0 unspecified atom stereocenters. The average Bonchev–Trinajstić information content (AvgIpc) is 2.64. The van der Waals surface area contributed by atoms with Crippen LogP contribution < -0.4 is 5.43 Å². The third-order valence-corrected chi connectivity index (χ3v) is 6.25. The van der Waals surface area contributed by atoms with Crippen LogP contribution in [0, 0.1) is 6.92 Å². The first-order chi connectivity index (χ1) is 13.4. The van der Waals surface area contributed by atoms with Crippen LogP contribution in [0.25, 0.3) is 0 Å². The van der Waals surface area contributed by atoms with E-state index in [1.54, 1.807) is 23.9 Å². The quantitative estimate of drug-likeness (QED) is 0.113. The molecule has 150 valence electrons. The zero-order chi connectivity index (χ0) is 20.5. The zero-order valence-electron chi connectivity index (χ0n) is 15.4. The van der Waals surface area contributed by atoms with Crippen LogP contribution in [0.1, 0.15) is 31.0 Å². The van der Waals surface area contributed by atoms with Gasteiger partial charge in [0, 0.05) is 21.5 Å². The number of phenolic OH excluding ortho intramolecular Hbond substituents is 1. The van der Waals surface area contributed by atoms with Crippen molar-refractivity contribution in [2.75, 3.05) is 11.5 Å². The fourth-order valence-corrected chi connectivity index (χ4v) is 5.04. The first-order valence-electron chi connectivity index (χ1n) is 8.50. The van der Waals surface area contributed by atoms with Crippen LogP contribution in [0.4, 0.5) is 0 Å². The Morgan fingerprint density at radius 2 is 2.07 bits per heavy atom. The number of nitrogens with one attached hydrogen (secondary N) is 1. The Morgan fingerprint density at radius 1 is 1.29 bits per heavy atom. The molecule has 0 atom stereocenters. The number of amides is 1. The minimum Gasteiger partial charge on any atom is -0.506 e. The maximum absolute atomic E-state index is 12.0. The number of halogens is 2. The van der Waals surface area contributed by atoms with Gasteiger partial charge in [-0.3, -0.25) is 4.79 Å². The van der Waals surface area contributed by atoms with Gasteiger partial charge >= 0.3 is 0 Å². The number of aryl methyl sites for hydroxylation is 1. The second-order valence-electron chi connectivity index (χ2n) is 5.74. The van der Waals surface area contributed by atoms with Gasteiger partial charge in [0.1, 0.15) is 10.8 Å². The van der Waals surface area contributed by atoms with Crippen LogP contribution in [0.15, 0.2) is 42.4 Å². The van der Waals surface area contributed by atoms with Crippen molar-refractivity contribution in [2.45, 2.75) is 36.9 Å². The van der Waals surface area contributed by atoms with Crippen molar-refractivity contribution in [3.8, 4) is 5.75 Å². The summed E-state index contributed by atoms with van der Waals surface area (Å²) in [7, 11) is 0. The van der Waals surface area contributed by atoms with Gasteiger partial charge in [-0.2, -0.15) is 5.10 Å². The lowest BCUT2D eigenvalue weighted by Crippen LogP contribution is -2.19. The molecule has 0 spiro atoms. The van der Waals surface area contributed by atoms with Crippen LogP contribution in [-0.2, 0) is 4.79 Å². The maximum atomic E-state index is 12.0. The number of aromatic nitrogens is 2. The van der Waals surface area contributed by atoms with Crippen LogP contribution in [0.3, 0.4) is 0 Å². The number of unbranched alkanes of at least 4 members (excludes halogenated alkanes) is 1. The molecule has 1 aromatic carbocycles. The molecule has 0 fully saturated rings. The van der Waals surface area contributed by atoms with E-state index in [4.69, 9.17) is 0 Å². The number of benzene rings is 1. The Kier molecular flexibility index (Phi) is 9.76. The molecule has 10 heteroatoms. The monoisotopic (exact) mass is 546 g/mol. The summed E-state index contributed by atoms with van der Waals surface area (Å²) in [6, 6.07) is 5.29. The van der Waals surface area contributed by atoms with Crippen LogP contribution in [-0.4, -0.2) is 38.7 Å². The average molecular weight is 548 g/mol. The van der Waals surface area contributed by atoms with Crippen molar-refractivity contribution in [3.05, 3.63) is 38.4 Å². The Morgan fingerprint density at radius 3 is 2.82 bits per heavy atom. The Hall–Kier alpha value is -1.10. The number of hydrogen-bond acceptors (Lipinski definition) is 7. The highest BCUT2D eigenvalue weighted by Gasteiger charge is 2.08. The molecule has 2 aromatic rings. The Bertz CT molecular complexity index is 866. The summed E-state index contributed by atoms with van der Waals surface area (Å²) >= 11 is 9.56. The van der Waals surface area contributed by atoms with E-state index in [9.17, 15) is 9.90 Å². The predicted molar refractivity (Wildman–Crippen MR) is 122 cm³/mol. The standard InChI is InChI=1S/C18H20Br2N4O2S2/c1-3-4-5-27-18-22-11(2)6-16(23-18)28-10-15(25)24-21-9-12-7-13(19)8-14(20)17(12)26/h6-9,26H,3-5,10H2,1-2H3,(H,24,25)/b21-9+. The lowest BCUT2D eigenvalue weighted by molar-refractivity contribution is -0.118. The molecule has 0 aliphatic carbocycles. The number of hydrazone groups is 1. The zero-order valence-corrected chi connectivity index (χ0v) is 20.2. The second-order valence-corrected chi connectivity index (χ2v) is 9.57. The van der Waals surface area contributed by atoms with Crippen molar-refractivity contribution in [2.24, 2.45) is 5.10 Å². The first-order valence-corrected chi connectivity index (χ1v) is 12.1. The molecule has 1 aromatic heterocycles. The summed E-state index contributed by atoms with van der Waals surface area (Å²) in [5.74, 6) is 0.963. The van der Waals surface area contributed by atoms with Gasteiger partial charge in [-0.1, -0.05) is 52.8 Å². The summed E-state index contributed by atoms with van der Waals surface area (Å²) in [4.78, 5) is 20.9. The number of thioether (sulfide) groups is 2. The van der Waals surface area contributed by atoms with Gasteiger partial charge < -0.3 is 5.11 Å². The van der Waals surface area contributed by atoms with E-state index < -0.39 is 0 Å². The highest BCUT2D eigenvalue weighted by Crippen LogP contribution is 2.30. The van der Waals surface area contributed by atoms with Crippen LogP contribution in [0.5, 0.6) is 5.75 Å². The van der Waals surface area contributed by atoms with E-state index in [1.165, 1.54) is 18.0 Å². The van der Waals surface area contributed by atoms with Gasteiger partial charge in [0.25, 0.3) is 0 Å². The molecule has 28 heavy (non-hydrogen) atoms. The molecule has 0 aliphatic heterocycles. The predicted octanol–water partition coefficient (Wildman–Crippen LogP) is 5.15. The van der Waals surface area contributed by atoms with Gasteiger partial charge in [-0.05, 0) is 47.5 Å². The molecule has 0 radical (unpaired) electrons. The van der Waals surface area contributed by atoms with Crippen LogP contribution in [0.2, 0.25) is 0 Å². The van der Waals surface area contributed by atoms with Gasteiger partial charge in [-0.15, -0.1) is 0 Å². The number of hydrogen-bond donors (Lipinski definition) is 2. The van der Waals surface area contributed by atoms with E-state index in [2.05, 4.69) is 59.3 Å². The van der Waals surface area contributed by atoms with Crippen molar-refractivity contribution in [1.29, 1.82) is 0 Å². The summed E-state index contributed by atoms with van der Waals surface area (Å²) in [5.41, 5.74) is 3.82. The minimum absolute atomic E-state index is 0.0557. The molecule has 0 saturated heterocycles. The van der Waals surface area contributed by atoms with E-state index >= 15 is 0 Å². The summed E-state index contributed by atoms with van der Waals surface area (Å²) in [5, 5.41) is 15.4. The SMILES string of the molecule is CCCCSc1nc(C)cc(SCC(=O)N/N=C/c2cc(Br)cc(Br)c2O)n1. The maximum Gasteiger partial charge on any atom is 0.250 e. The largest absolute Gasteiger partial charge is 0.506 e. The minimum atomic E-state index is -0.258. The number of phenols is 1. The van der Waals surface area contributed by atoms with E-state index in [-0.39, 0.29) is 17.4 Å². The fraction of sp³-hybridized carbons (Fsp3) is 0.333. The molecular formula is C18H20Br2N4O2S2. The number of nitrogens with zero attached hydrogens (tertiary/aromatic N) is 3. The number of aromatic hydroxyl groups is 1. The molecular weight excluding hydrogens is 528 g/mol. The number of carbonyl (C=O) groups excluding carboxylic acids is 1. The summed E-state index contributed by atoms with van der Waals surface area (Å²) in [6.07, 6.45) is 3.65. The number of carbonyl (C=O) groups is 1. The van der Waals surface area contributed by atoms with Gasteiger partial charge in [0.2, 0.25) is 5.91 Å². The third-order valence-electron chi connectivity index (χ3n) is 3.34. The fourth-order valence-electron chi connectivity index (χ4n) is 1.99. The lowest BCUT2D eigenvalue weighted by atomic mass is 10.2. The summed E-state index contributed by atoms with van der Waals surface area (Å²) in [6.45, 7) is 4.07. The molecule has 2 rings (SSSR count). The van der Waals surface area contributed by atoms with Crippen LogP contribution >= 0.6 is 55.4 Å². The van der Waals surface area contributed by atoms with Crippen molar-refractivity contribution in [3.63, 3.8) is 0 Å². The Labute approximate surface area is 189 Å². The second kappa shape index (κ2) is 11.8. The molecule has 0 bridgehead atoms. The highest BCUT2D eigenvalue weighted by molar-refractivity contribution is 9.11. The van der Waals surface area contributed by atoms with Crippen molar-refractivity contribution < 1.29 is 9.90 Å². The molecule has 0 aliphatic rings. The van der Waals surface area contributed by atoms with E-state index in [0.717, 1.165) is 38.9 Å². The third kappa shape index (κ3) is 7.73. The molecule has 1 amide bonds. The Balaban J connectivity index is 1.89. The molecule has 2 N–H and O–H groups in total. The van der Waals surface area contributed by atoms with Gasteiger partial charge in [-0.25, -0.2) is 15.4 Å². The molecule has 1 heterocycles. The molecule has 0 saturated carbocycles. The number of rotatable bonds is 9. The molecule has 6 nitrogen and oxygen atoms in total. The van der Waals surface area contributed by atoms with Gasteiger partial charge in [0.05, 0.1) is 16.4 Å². The van der Waals surface area contributed by atoms with Crippen molar-refractivity contribution in [1.82, 2.24) is 15.4 Å². The topological polar surface area (TPSA) is 87.5 Å². The van der Waals surface area contributed by atoms with E-state index in [0.29, 0.717) is 10.0 Å². The smallest absolute Gasteiger partial charge is 0.250 e. The normalized spacial score (nSPS) is 11.1. The van der Waals surface area contributed by atoms with E-state index in [1.807, 2.05) is 13.0 Å². The van der Waals surface area contributed by atoms with Crippen molar-refractivity contribution >= 4 is 67.5 Å². The lowest BCUT2D eigenvalue weighted by Gasteiger charge is -2.05. The first kappa shape index (κ1) is 23.2. The summed E-state index contributed by atoms with van der Waals surface area (Å²) < 4.78 is 1.32. The van der Waals surface area contributed by atoms with Gasteiger partial charge in [0.15, 0.2) is 5.16 Å².